The Morgan fingerprint density at radius 2 is 2.16 bits per heavy atom. The van der Waals surface area contributed by atoms with Gasteiger partial charge in [0.1, 0.15) is 0 Å². The third kappa shape index (κ3) is 6.92. The number of hydrogen-bond donors (Lipinski definition) is 2. The number of nitrogens with one attached hydrogen (secondary N) is 1. The van der Waals surface area contributed by atoms with Crippen LogP contribution in [0.15, 0.2) is 0 Å². The molecule has 1 fully saturated rings. The Morgan fingerprint density at radius 1 is 1.42 bits per heavy atom. The molecule has 112 valence electrons. The summed E-state index contributed by atoms with van der Waals surface area (Å²) in [6.07, 6.45) is 6.16. The lowest BCUT2D eigenvalue weighted by Gasteiger charge is -2.26. The summed E-state index contributed by atoms with van der Waals surface area (Å²) in [5.74, 6) is 0.702. The van der Waals surface area contributed by atoms with Gasteiger partial charge in [-0.15, -0.1) is 0 Å². The van der Waals surface area contributed by atoms with Gasteiger partial charge in [0.05, 0.1) is 0 Å². The van der Waals surface area contributed by atoms with Crippen LogP contribution in [0, 0.1) is 5.92 Å². The van der Waals surface area contributed by atoms with Crippen LogP contribution >= 0.6 is 0 Å². The van der Waals surface area contributed by atoms with Crippen molar-refractivity contribution < 1.29 is 4.79 Å². The van der Waals surface area contributed by atoms with Crippen molar-refractivity contribution in [3.05, 3.63) is 0 Å². The number of nitrogens with zero attached hydrogens (tertiary/aromatic N) is 1. The summed E-state index contributed by atoms with van der Waals surface area (Å²) in [5.41, 5.74) is 5.95. The Morgan fingerprint density at radius 3 is 2.79 bits per heavy atom. The molecule has 0 aliphatic heterocycles. The van der Waals surface area contributed by atoms with E-state index in [0.29, 0.717) is 24.4 Å². The average molecular weight is 269 g/mol. The van der Waals surface area contributed by atoms with Crippen LogP contribution in [0.3, 0.4) is 0 Å². The van der Waals surface area contributed by atoms with Crippen molar-refractivity contribution in [2.45, 2.75) is 64.5 Å². The lowest BCUT2D eigenvalue weighted by atomic mass is 9.84. The molecule has 1 aliphatic carbocycles. The highest BCUT2D eigenvalue weighted by molar-refractivity contribution is 5.76. The molecule has 4 heteroatoms. The Labute approximate surface area is 118 Å². The first kappa shape index (κ1) is 16.4. The van der Waals surface area contributed by atoms with Gasteiger partial charge in [-0.3, -0.25) is 4.79 Å². The Balaban J connectivity index is 2.07. The van der Waals surface area contributed by atoms with Crippen LogP contribution in [0.25, 0.3) is 0 Å². The molecule has 0 heterocycles. The van der Waals surface area contributed by atoms with Crippen LogP contribution in [0.4, 0.5) is 0 Å². The molecule has 0 aromatic carbocycles. The second-order valence-corrected chi connectivity index (χ2v) is 6.27. The van der Waals surface area contributed by atoms with Crippen molar-refractivity contribution in [1.29, 1.82) is 0 Å². The van der Waals surface area contributed by atoms with Crippen LogP contribution < -0.4 is 11.1 Å². The third-order valence-corrected chi connectivity index (χ3v) is 4.19. The van der Waals surface area contributed by atoms with Gasteiger partial charge in [0.25, 0.3) is 0 Å². The van der Waals surface area contributed by atoms with E-state index in [4.69, 9.17) is 5.73 Å². The molecule has 0 bridgehead atoms. The second-order valence-electron chi connectivity index (χ2n) is 6.27. The second kappa shape index (κ2) is 8.54. The van der Waals surface area contributed by atoms with Crippen LogP contribution in [-0.2, 0) is 4.79 Å². The monoisotopic (exact) mass is 269 g/mol. The Kier molecular flexibility index (Phi) is 7.39. The molecule has 0 saturated heterocycles. The maximum Gasteiger partial charge on any atom is 0.220 e. The first-order chi connectivity index (χ1) is 8.99. The van der Waals surface area contributed by atoms with Crippen molar-refractivity contribution in [3.63, 3.8) is 0 Å². The molecule has 4 nitrogen and oxygen atoms in total. The Bertz CT molecular complexity index is 268. The minimum absolute atomic E-state index is 0.200. The highest BCUT2D eigenvalue weighted by Crippen LogP contribution is 2.25. The highest BCUT2D eigenvalue weighted by atomic mass is 16.1. The van der Waals surface area contributed by atoms with Crippen molar-refractivity contribution in [3.8, 4) is 0 Å². The molecule has 1 rings (SSSR count). The minimum Gasteiger partial charge on any atom is -0.356 e. The van der Waals surface area contributed by atoms with Crippen LogP contribution in [0.1, 0.15) is 52.4 Å². The highest BCUT2D eigenvalue weighted by Gasteiger charge is 2.21. The summed E-state index contributed by atoms with van der Waals surface area (Å²) >= 11 is 0. The minimum atomic E-state index is 0.200. The maximum atomic E-state index is 11.8. The fourth-order valence-electron chi connectivity index (χ4n) is 2.67. The zero-order chi connectivity index (χ0) is 14.3. The molecule has 1 saturated carbocycles. The van der Waals surface area contributed by atoms with Gasteiger partial charge in [0, 0.05) is 25.0 Å². The summed E-state index contributed by atoms with van der Waals surface area (Å²) in [6.45, 7) is 6.19. The van der Waals surface area contributed by atoms with E-state index in [-0.39, 0.29) is 5.91 Å². The van der Waals surface area contributed by atoms with Crippen LogP contribution in [0.5, 0.6) is 0 Å². The number of nitrogens with two attached hydrogens (primary N) is 1. The van der Waals surface area contributed by atoms with E-state index in [1.165, 1.54) is 6.42 Å². The molecule has 0 aromatic rings. The van der Waals surface area contributed by atoms with Crippen molar-refractivity contribution in [2.24, 2.45) is 11.7 Å². The summed E-state index contributed by atoms with van der Waals surface area (Å²) in [5, 5.41) is 3.03. The van der Waals surface area contributed by atoms with Crippen molar-refractivity contribution >= 4 is 5.91 Å². The molecule has 0 aromatic heterocycles. The lowest BCUT2D eigenvalue weighted by molar-refractivity contribution is -0.122. The fraction of sp³-hybridized carbons (Fsp3) is 0.933. The van der Waals surface area contributed by atoms with Gasteiger partial charge in [-0.25, -0.2) is 0 Å². The number of carbonyl (C=O) groups is 1. The van der Waals surface area contributed by atoms with Gasteiger partial charge < -0.3 is 16.0 Å². The van der Waals surface area contributed by atoms with E-state index in [2.05, 4.69) is 31.1 Å². The number of hydrogen-bond acceptors (Lipinski definition) is 3. The largest absolute Gasteiger partial charge is 0.356 e. The first-order valence-corrected chi connectivity index (χ1v) is 7.71. The van der Waals surface area contributed by atoms with Crippen molar-refractivity contribution in [2.75, 3.05) is 20.1 Å². The first-order valence-electron chi connectivity index (χ1n) is 7.71. The van der Waals surface area contributed by atoms with Gasteiger partial charge in [0.2, 0.25) is 5.91 Å². The molecule has 1 aliphatic rings. The summed E-state index contributed by atoms with van der Waals surface area (Å²) < 4.78 is 0. The average Bonchev–Trinajstić information content (AvgIpc) is 2.34. The molecule has 2 unspecified atom stereocenters. The smallest absolute Gasteiger partial charge is 0.220 e. The zero-order valence-electron chi connectivity index (χ0n) is 12.8. The fourth-order valence-corrected chi connectivity index (χ4v) is 2.67. The van der Waals surface area contributed by atoms with E-state index in [0.717, 1.165) is 38.8 Å². The predicted molar refractivity (Wildman–Crippen MR) is 79.9 cm³/mol. The molecule has 3 N–H and O–H groups in total. The molecule has 19 heavy (non-hydrogen) atoms. The predicted octanol–water partition coefficient (Wildman–Crippen LogP) is 1.74. The van der Waals surface area contributed by atoms with Gasteiger partial charge in [-0.1, -0.05) is 6.42 Å². The van der Waals surface area contributed by atoms with Crippen LogP contribution in [0.2, 0.25) is 0 Å². The molecule has 0 radical (unpaired) electrons. The third-order valence-electron chi connectivity index (χ3n) is 4.19. The maximum absolute atomic E-state index is 11.8. The number of amides is 1. The topological polar surface area (TPSA) is 58.4 Å². The summed E-state index contributed by atoms with van der Waals surface area (Å²) in [6, 6.07) is 0.880. The quantitative estimate of drug-likeness (QED) is 0.692. The van der Waals surface area contributed by atoms with E-state index < -0.39 is 0 Å². The van der Waals surface area contributed by atoms with Crippen LogP contribution in [-0.4, -0.2) is 43.0 Å². The Hall–Kier alpha value is -0.610. The lowest BCUT2D eigenvalue weighted by Crippen LogP contribution is -2.34. The van der Waals surface area contributed by atoms with Gasteiger partial charge in [-0.2, -0.15) is 0 Å². The van der Waals surface area contributed by atoms with E-state index in [9.17, 15) is 4.79 Å². The molecule has 0 spiro atoms. The molecular weight excluding hydrogens is 238 g/mol. The van der Waals surface area contributed by atoms with Gasteiger partial charge in [0.15, 0.2) is 0 Å². The normalized spacial score (nSPS) is 23.9. The van der Waals surface area contributed by atoms with Gasteiger partial charge in [-0.05, 0) is 59.0 Å². The van der Waals surface area contributed by atoms with E-state index in [1.54, 1.807) is 0 Å². The molecule has 2 atom stereocenters. The SMILES string of the molecule is CC(C)N(C)CCCNC(=O)CC1CCCC(N)C1. The zero-order valence-corrected chi connectivity index (χ0v) is 12.8. The van der Waals surface area contributed by atoms with E-state index >= 15 is 0 Å². The molecular formula is C15H31N3O. The van der Waals surface area contributed by atoms with Crippen molar-refractivity contribution in [1.82, 2.24) is 10.2 Å². The standard InChI is InChI=1S/C15H31N3O/c1-12(2)18(3)9-5-8-17-15(19)11-13-6-4-7-14(16)10-13/h12-14H,4-11,16H2,1-3H3,(H,17,19). The summed E-state index contributed by atoms with van der Waals surface area (Å²) in [4.78, 5) is 14.1. The van der Waals surface area contributed by atoms with Gasteiger partial charge >= 0.3 is 0 Å². The molecule has 1 amide bonds. The summed E-state index contributed by atoms with van der Waals surface area (Å²) in [7, 11) is 2.12. The van der Waals surface area contributed by atoms with E-state index in [1.807, 2.05) is 0 Å². The number of carbonyl (C=O) groups excluding carboxylic acids is 1. The number of rotatable bonds is 7.